The SMILES string of the molecule is CCC1(C)CC2=CC(C)(O[N+](=O)[O-])CC(CN)(C2)C1. The number of allylic oxidation sites excluding steroid dienone is 1. The van der Waals surface area contributed by atoms with Crippen molar-refractivity contribution >= 4 is 0 Å². The van der Waals surface area contributed by atoms with Gasteiger partial charge in [0.25, 0.3) is 5.09 Å². The molecule has 2 aliphatic carbocycles. The molecule has 5 nitrogen and oxygen atoms in total. The number of nitrogens with zero attached hydrogens (tertiary/aromatic N) is 1. The molecule has 2 bridgehead atoms. The fourth-order valence-electron chi connectivity index (χ4n) is 4.27. The molecule has 2 N–H and O–H groups in total. The Kier molecular flexibility index (Phi) is 3.37. The van der Waals surface area contributed by atoms with Crippen LogP contribution >= 0.6 is 0 Å². The summed E-state index contributed by atoms with van der Waals surface area (Å²) >= 11 is 0. The van der Waals surface area contributed by atoms with Crippen LogP contribution in [-0.4, -0.2) is 17.2 Å². The van der Waals surface area contributed by atoms with Crippen LogP contribution in [0.2, 0.25) is 0 Å². The molecular weight excluding hydrogens is 244 g/mol. The van der Waals surface area contributed by atoms with Crippen molar-refractivity contribution in [3.8, 4) is 0 Å². The molecule has 19 heavy (non-hydrogen) atoms. The van der Waals surface area contributed by atoms with Crippen LogP contribution in [0.1, 0.15) is 52.9 Å². The fraction of sp³-hybridized carbons (Fsp3) is 0.857. The first-order valence-electron chi connectivity index (χ1n) is 6.98. The second-order valence-corrected chi connectivity index (χ2v) is 7.01. The maximum absolute atomic E-state index is 10.7. The molecule has 2 aliphatic rings. The second-order valence-electron chi connectivity index (χ2n) is 7.01. The number of nitrogens with two attached hydrogens (primary N) is 1. The van der Waals surface area contributed by atoms with Gasteiger partial charge in [-0.15, -0.1) is 10.1 Å². The maximum atomic E-state index is 10.7. The Bertz CT molecular complexity index is 423. The number of rotatable bonds is 4. The number of hydrogen-bond donors (Lipinski definition) is 1. The molecule has 0 aromatic heterocycles. The van der Waals surface area contributed by atoms with Gasteiger partial charge in [0.05, 0.1) is 0 Å². The molecule has 0 saturated heterocycles. The van der Waals surface area contributed by atoms with E-state index in [1.807, 2.05) is 6.08 Å². The standard InChI is InChI=1S/C14H24N2O3/c1-4-12(2)5-11-6-13(3,19-16(17)18)9-14(7-11,8-12)10-15/h6H,4-5,7-10,15H2,1-3H3. The average Bonchev–Trinajstić information content (AvgIpc) is 2.25. The Morgan fingerprint density at radius 1 is 1.42 bits per heavy atom. The van der Waals surface area contributed by atoms with E-state index in [0.29, 0.717) is 13.0 Å². The van der Waals surface area contributed by atoms with Gasteiger partial charge in [-0.3, -0.25) is 0 Å². The summed E-state index contributed by atoms with van der Waals surface area (Å²) in [5.74, 6) is 0. The van der Waals surface area contributed by atoms with Crippen LogP contribution in [0.4, 0.5) is 0 Å². The van der Waals surface area contributed by atoms with Crippen molar-refractivity contribution in [2.24, 2.45) is 16.6 Å². The Balaban J connectivity index is 2.35. The van der Waals surface area contributed by atoms with E-state index in [9.17, 15) is 10.1 Å². The van der Waals surface area contributed by atoms with Gasteiger partial charge >= 0.3 is 0 Å². The Labute approximate surface area is 114 Å². The summed E-state index contributed by atoms with van der Waals surface area (Å²) in [5.41, 5.74) is 6.70. The Morgan fingerprint density at radius 3 is 2.63 bits per heavy atom. The third-order valence-electron chi connectivity index (χ3n) is 4.86. The number of fused-ring (bicyclic) bond motifs is 2. The minimum Gasteiger partial charge on any atom is -0.330 e. The van der Waals surface area contributed by atoms with E-state index in [0.717, 1.165) is 25.7 Å². The summed E-state index contributed by atoms with van der Waals surface area (Å²) in [6.45, 7) is 6.87. The van der Waals surface area contributed by atoms with Crippen LogP contribution in [0.5, 0.6) is 0 Å². The molecule has 2 rings (SSSR count). The quantitative estimate of drug-likeness (QED) is 0.483. The average molecular weight is 268 g/mol. The largest absolute Gasteiger partial charge is 0.330 e. The van der Waals surface area contributed by atoms with Crippen molar-refractivity contribution in [1.29, 1.82) is 0 Å². The van der Waals surface area contributed by atoms with E-state index >= 15 is 0 Å². The summed E-state index contributed by atoms with van der Waals surface area (Å²) in [6.07, 6.45) is 6.71. The van der Waals surface area contributed by atoms with Crippen LogP contribution in [0.3, 0.4) is 0 Å². The lowest BCUT2D eigenvalue weighted by Gasteiger charge is -2.52. The molecule has 0 aromatic carbocycles. The van der Waals surface area contributed by atoms with Gasteiger partial charge in [0, 0.05) is 0 Å². The summed E-state index contributed by atoms with van der Waals surface area (Å²) in [6, 6.07) is 0. The highest BCUT2D eigenvalue weighted by Crippen LogP contribution is 2.56. The first-order chi connectivity index (χ1) is 8.74. The summed E-state index contributed by atoms with van der Waals surface area (Å²) in [7, 11) is 0. The van der Waals surface area contributed by atoms with Gasteiger partial charge in [0.15, 0.2) is 0 Å². The molecule has 0 radical (unpaired) electrons. The molecule has 3 atom stereocenters. The minimum atomic E-state index is -0.814. The van der Waals surface area contributed by atoms with Crippen LogP contribution in [0, 0.1) is 20.9 Å². The van der Waals surface area contributed by atoms with E-state index < -0.39 is 10.7 Å². The maximum Gasteiger partial charge on any atom is 0.295 e. The van der Waals surface area contributed by atoms with Gasteiger partial charge < -0.3 is 10.6 Å². The zero-order valence-electron chi connectivity index (χ0n) is 12.1. The van der Waals surface area contributed by atoms with Gasteiger partial charge in [-0.1, -0.05) is 31.9 Å². The predicted molar refractivity (Wildman–Crippen MR) is 72.9 cm³/mol. The topological polar surface area (TPSA) is 78.4 Å². The lowest BCUT2D eigenvalue weighted by atomic mass is 9.54. The van der Waals surface area contributed by atoms with Gasteiger partial charge in [0.1, 0.15) is 5.60 Å². The molecule has 3 unspecified atom stereocenters. The Hall–Kier alpha value is -1.10. The van der Waals surface area contributed by atoms with Crippen molar-refractivity contribution in [3.63, 3.8) is 0 Å². The fourth-order valence-corrected chi connectivity index (χ4v) is 4.27. The summed E-state index contributed by atoms with van der Waals surface area (Å²) in [5, 5.41) is 10.0. The van der Waals surface area contributed by atoms with Crippen molar-refractivity contribution < 1.29 is 9.92 Å². The van der Waals surface area contributed by atoms with Gasteiger partial charge in [-0.05, 0) is 50.0 Å². The van der Waals surface area contributed by atoms with E-state index in [2.05, 4.69) is 13.8 Å². The van der Waals surface area contributed by atoms with Crippen LogP contribution < -0.4 is 5.73 Å². The molecule has 1 fully saturated rings. The minimum absolute atomic E-state index is 0.0438. The highest BCUT2D eigenvalue weighted by atomic mass is 17.0. The van der Waals surface area contributed by atoms with Crippen molar-refractivity contribution in [2.45, 2.75) is 58.5 Å². The monoisotopic (exact) mass is 268 g/mol. The van der Waals surface area contributed by atoms with E-state index in [-0.39, 0.29) is 10.8 Å². The van der Waals surface area contributed by atoms with Crippen molar-refractivity contribution in [2.75, 3.05) is 6.54 Å². The first-order valence-corrected chi connectivity index (χ1v) is 6.98. The number of hydrogen-bond acceptors (Lipinski definition) is 4. The highest BCUT2D eigenvalue weighted by Gasteiger charge is 2.50. The van der Waals surface area contributed by atoms with E-state index in [1.165, 1.54) is 5.57 Å². The predicted octanol–water partition coefficient (Wildman–Crippen LogP) is 2.83. The lowest BCUT2D eigenvalue weighted by molar-refractivity contribution is -0.777. The third-order valence-corrected chi connectivity index (χ3v) is 4.86. The van der Waals surface area contributed by atoms with Crippen LogP contribution in [-0.2, 0) is 4.84 Å². The van der Waals surface area contributed by atoms with Crippen LogP contribution in [0.15, 0.2) is 11.6 Å². The summed E-state index contributed by atoms with van der Waals surface area (Å²) in [4.78, 5) is 15.6. The molecule has 108 valence electrons. The Morgan fingerprint density at radius 2 is 2.11 bits per heavy atom. The molecule has 5 heteroatoms. The molecule has 0 aromatic rings. The van der Waals surface area contributed by atoms with Crippen molar-refractivity contribution in [3.05, 3.63) is 21.8 Å². The third kappa shape index (κ3) is 2.76. The molecule has 0 heterocycles. The highest BCUT2D eigenvalue weighted by molar-refractivity contribution is 5.24. The normalized spacial score (nSPS) is 41.6. The van der Waals surface area contributed by atoms with E-state index in [1.54, 1.807) is 6.92 Å². The smallest absolute Gasteiger partial charge is 0.295 e. The molecule has 0 spiro atoms. The van der Waals surface area contributed by atoms with Gasteiger partial charge in [0.2, 0.25) is 0 Å². The zero-order valence-corrected chi connectivity index (χ0v) is 12.1. The molecular formula is C14H24N2O3. The van der Waals surface area contributed by atoms with Crippen LogP contribution in [0.25, 0.3) is 0 Å². The summed E-state index contributed by atoms with van der Waals surface area (Å²) < 4.78 is 0. The zero-order chi connectivity index (χ0) is 14.3. The van der Waals surface area contributed by atoms with Crippen molar-refractivity contribution in [1.82, 2.24) is 0 Å². The molecule has 1 saturated carbocycles. The second kappa shape index (κ2) is 4.47. The first kappa shape index (κ1) is 14.3. The van der Waals surface area contributed by atoms with Gasteiger partial charge in [-0.2, -0.15) is 0 Å². The molecule has 0 amide bonds. The molecule has 0 aliphatic heterocycles. The van der Waals surface area contributed by atoms with Gasteiger partial charge in [-0.25, -0.2) is 0 Å². The van der Waals surface area contributed by atoms with E-state index in [4.69, 9.17) is 10.6 Å². The lowest BCUT2D eigenvalue weighted by Crippen LogP contribution is -2.49.